The van der Waals surface area contributed by atoms with E-state index in [9.17, 15) is 4.79 Å². The molecule has 162 valence electrons. The second kappa shape index (κ2) is 13.6. The normalized spacial score (nSPS) is 17.1. The largest absolute Gasteiger partial charge is 0.384 e. The minimum Gasteiger partial charge on any atom is -0.384 e. The highest BCUT2D eigenvalue weighted by atomic mass is 35.5. The van der Waals surface area contributed by atoms with Crippen molar-refractivity contribution < 1.29 is 4.79 Å². The van der Waals surface area contributed by atoms with Crippen LogP contribution in [0.25, 0.3) is 0 Å². The lowest BCUT2D eigenvalue weighted by atomic mass is 10.0. The van der Waals surface area contributed by atoms with Gasteiger partial charge >= 0.3 is 0 Å². The number of rotatable bonds is 13. The van der Waals surface area contributed by atoms with Gasteiger partial charge in [0.2, 0.25) is 0 Å². The van der Waals surface area contributed by atoms with E-state index in [0.29, 0.717) is 17.9 Å². The van der Waals surface area contributed by atoms with Gasteiger partial charge in [0.1, 0.15) is 5.84 Å². The topological polar surface area (TPSA) is 58.7 Å². The third-order valence-corrected chi connectivity index (χ3v) is 6.17. The van der Waals surface area contributed by atoms with Gasteiger partial charge in [0.05, 0.1) is 6.04 Å². The van der Waals surface area contributed by atoms with E-state index in [1.54, 1.807) is 4.90 Å². The molecule has 1 aromatic rings. The molecule has 5 heteroatoms. The molecule has 4 nitrogen and oxygen atoms in total. The van der Waals surface area contributed by atoms with Gasteiger partial charge in [0.25, 0.3) is 5.91 Å². The minimum absolute atomic E-state index is 0.0150. The summed E-state index contributed by atoms with van der Waals surface area (Å²) in [5.41, 5.74) is 7.88. The summed E-state index contributed by atoms with van der Waals surface area (Å²) in [5.74, 6) is 0.344. The van der Waals surface area contributed by atoms with Crippen LogP contribution in [-0.2, 0) is 6.42 Å². The molecule has 29 heavy (non-hydrogen) atoms. The maximum absolute atomic E-state index is 12.8. The van der Waals surface area contributed by atoms with Crippen LogP contribution >= 0.6 is 11.8 Å². The standard InChI is InChI=1S/C24H38ClN3O/c1-2-3-4-5-6-7-8-9-10-11-13-20-15-17-21(18-16-20)24(29)28-19-12-14-22(28)23(26)27-25/h15-18,22H,2-14,19H2,1H3,(H2,26,27)/t22-/m0/s1. The Morgan fingerprint density at radius 1 is 1.03 bits per heavy atom. The van der Waals surface area contributed by atoms with E-state index in [2.05, 4.69) is 23.6 Å². The summed E-state index contributed by atoms with van der Waals surface area (Å²) in [6.07, 6.45) is 16.4. The molecule has 0 aromatic heterocycles. The van der Waals surface area contributed by atoms with Crippen molar-refractivity contribution in [2.45, 2.75) is 96.4 Å². The van der Waals surface area contributed by atoms with E-state index < -0.39 is 0 Å². The van der Waals surface area contributed by atoms with Crippen molar-refractivity contribution in [2.75, 3.05) is 6.54 Å². The molecule has 1 aliphatic rings. The van der Waals surface area contributed by atoms with E-state index in [1.165, 1.54) is 69.8 Å². The van der Waals surface area contributed by atoms with E-state index in [-0.39, 0.29) is 11.9 Å². The van der Waals surface area contributed by atoms with Crippen molar-refractivity contribution >= 4 is 23.5 Å². The molecule has 0 bridgehead atoms. The Kier molecular flexibility index (Phi) is 11.2. The van der Waals surface area contributed by atoms with Crippen molar-refractivity contribution in [1.82, 2.24) is 4.90 Å². The number of hydrogen-bond acceptors (Lipinski definition) is 2. The van der Waals surface area contributed by atoms with Crippen LogP contribution in [0.2, 0.25) is 0 Å². The second-order valence-corrected chi connectivity index (χ2v) is 8.46. The predicted octanol–water partition coefficient (Wildman–Crippen LogP) is 6.27. The van der Waals surface area contributed by atoms with Gasteiger partial charge in [-0.05, 0) is 43.4 Å². The van der Waals surface area contributed by atoms with Crippen molar-refractivity contribution in [3.05, 3.63) is 35.4 Å². The van der Waals surface area contributed by atoms with Crippen LogP contribution in [-0.4, -0.2) is 29.2 Å². The van der Waals surface area contributed by atoms with E-state index in [0.717, 1.165) is 19.3 Å². The summed E-state index contributed by atoms with van der Waals surface area (Å²) in [7, 11) is 0. The van der Waals surface area contributed by atoms with Crippen LogP contribution in [0.15, 0.2) is 28.8 Å². The van der Waals surface area contributed by atoms with Gasteiger partial charge in [-0.2, -0.15) is 4.51 Å². The van der Waals surface area contributed by atoms with Crippen molar-refractivity contribution in [2.24, 2.45) is 10.2 Å². The van der Waals surface area contributed by atoms with Gasteiger partial charge in [-0.25, -0.2) is 0 Å². The van der Waals surface area contributed by atoms with Crippen LogP contribution in [0.1, 0.15) is 99.9 Å². The Balaban J connectivity index is 1.66. The van der Waals surface area contributed by atoms with E-state index >= 15 is 0 Å². The summed E-state index contributed by atoms with van der Waals surface area (Å²) in [5, 5.41) is 0. The van der Waals surface area contributed by atoms with Gasteiger partial charge in [-0.15, -0.1) is 0 Å². The molecular weight excluding hydrogens is 382 g/mol. The maximum Gasteiger partial charge on any atom is 0.254 e. The number of carbonyl (C=O) groups is 1. The van der Waals surface area contributed by atoms with Crippen LogP contribution in [0.3, 0.4) is 0 Å². The van der Waals surface area contributed by atoms with E-state index in [1.807, 2.05) is 12.1 Å². The molecule has 0 aliphatic carbocycles. The molecule has 1 fully saturated rings. The molecule has 0 radical (unpaired) electrons. The number of unbranched alkanes of at least 4 members (excludes halogenated alkanes) is 9. The zero-order chi connectivity index (χ0) is 20.9. The average Bonchev–Trinajstić information content (AvgIpc) is 3.24. The van der Waals surface area contributed by atoms with Crippen molar-refractivity contribution in [3.8, 4) is 0 Å². The zero-order valence-electron chi connectivity index (χ0n) is 18.0. The lowest BCUT2D eigenvalue weighted by molar-refractivity contribution is 0.0769. The van der Waals surface area contributed by atoms with Gasteiger partial charge in [0, 0.05) is 23.9 Å². The highest BCUT2D eigenvalue weighted by molar-refractivity contribution is 6.20. The lowest BCUT2D eigenvalue weighted by Gasteiger charge is -2.23. The number of amidine groups is 1. The number of carbonyl (C=O) groups excluding carboxylic acids is 1. The van der Waals surface area contributed by atoms with E-state index in [4.69, 9.17) is 17.5 Å². The van der Waals surface area contributed by atoms with Gasteiger partial charge in [-0.1, -0.05) is 76.8 Å². The Labute approximate surface area is 182 Å². The number of aryl methyl sites for hydroxylation is 1. The third-order valence-electron chi connectivity index (χ3n) is 5.97. The highest BCUT2D eigenvalue weighted by Crippen LogP contribution is 2.21. The number of benzene rings is 1. The average molecular weight is 420 g/mol. The van der Waals surface area contributed by atoms with Crippen molar-refractivity contribution in [1.29, 1.82) is 0 Å². The summed E-state index contributed by atoms with van der Waals surface area (Å²) >= 11 is 5.51. The fourth-order valence-corrected chi connectivity index (χ4v) is 4.28. The Morgan fingerprint density at radius 2 is 1.62 bits per heavy atom. The molecule has 1 aliphatic heterocycles. The van der Waals surface area contributed by atoms with Crippen LogP contribution in [0.4, 0.5) is 0 Å². The Bertz CT molecular complexity index is 630. The van der Waals surface area contributed by atoms with Gasteiger partial charge in [-0.3, -0.25) is 4.79 Å². The fraction of sp³-hybridized carbons (Fsp3) is 0.667. The monoisotopic (exact) mass is 419 g/mol. The third kappa shape index (κ3) is 8.00. The Hall–Kier alpha value is -1.55. The number of hydrogen-bond donors (Lipinski definition) is 1. The molecule has 2 N–H and O–H groups in total. The van der Waals surface area contributed by atoms with Crippen molar-refractivity contribution in [3.63, 3.8) is 0 Å². The molecular formula is C24H38ClN3O. The molecule has 2 rings (SSSR count). The molecule has 1 heterocycles. The fourth-order valence-electron chi connectivity index (χ4n) is 4.17. The SMILES string of the molecule is CCCCCCCCCCCCc1ccc(C(=O)N2CCC[C@H]2/C(N)=N\Cl)cc1. The molecule has 0 spiro atoms. The summed E-state index contributed by atoms with van der Waals surface area (Å²) in [6.45, 7) is 2.97. The first-order chi connectivity index (χ1) is 14.2. The molecule has 1 amide bonds. The van der Waals surface area contributed by atoms with Crippen LogP contribution in [0, 0.1) is 0 Å². The van der Waals surface area contributed by atoms with Gasteiger partial charge in [0.15, 0.2) is 0 Å². The van der Waals surface area contributed by atoms with Crippen LogP contribution in [0.5, 0.6) is 0 Å². The molecule has 1 atom stereocenters. The summed E-state index contributed by atoms with van der Waals surface area (Å²) in [4.78, 5) is 14.6. The first-order valence-electron chi connectivity index (χ1n) is 11.5. The number of nitrogens with zero attached hydrogens (tertiary/aromatic N) is 2. The first-order valence-corrected chi connectivity index (χ1v) is 11.9. The number of amides is 1. The maximum atomic E-state index is 12.8. The van der Waals surface area contributed by atoms with Crippen LogP contribution < -0.4 is 5.73 Å². The number of nitrogens with two attached hydrogens (primary N) is 1. The molecule has 0 saturated carbocycles. The smallest absolute Gasteiger partial charge is 0.254 e. The predicted molar refractivity (Wildman–Crippen MR) is 124 cm³/mol. The zero-order valence-corrected chi connectivity index (χ0v) is 18.8. The summed E-state index contributed by atoms with van der Waals surface area (Å²) < 4.78 is 3.56. The number of halogens is 1. The number of likely N-dealkylation sites (tertiary alicyclic amines) is 1. The van der Waals surface area contributed by atoms with Gasteiger partial charge < -0.3 is 10.6 Å². The second-order valence-electron chi connectivity index (χ2n) is 8.29. The highest BCUT2D eigenvalue weighted by Gasteiger charge is 2.31. The molecule has 1 aromatic carbocycles. The summed E-state index contributed by atoms with van der Waals surface area (Å²) in [6, 6.07) is 7.89. The molecule has 0 unspecified atom stereocenters. The lowest BCUT2D eigenvalue weighted by Crippen LogP contribution is -2.43. The molecule has 1 saturated heterocycles. The first kappa shape index (κ1) is 23.7. The quantitative estimate of drug-likeness (QED) is 0.233. The minimum atomic E-state index is -0.175. The Morgan fingerprint density at radius 3 is 2.21 bits per heavy atom.